The number of anilines is 1. The second kappa shape index (κ2) is 4.61. The van der Waals surface area contributed by atoms with Crippen molar-refractivity contribution < 1.29 is 8.42 Å². The second-order valence-corrected chi connectivity index (χ2v) is 6.27. The van der Waals surface area contributed by atoms with E-state index in [-0.39, 0.29) is 16.7 Å². The maximum atomic E-state index is 12.3. The average Bonchev–Trinajstić information content (AvgIpc) is 2.86. The van der Waals surface area contributed by atoms with Crippen LogP contribution >= 0.6 is 0 Å². The summed E-state index contributed by atoms with van der Waals surface area (Å²) in [7, 11) is -3.58. The molecule has 3 aromatic rings. The smallest absolute Gasteiger partial charge is 0.226 e. The first-order valence-electron chi connectivity index (χ1n) is 5.93. The van der Waals surface area contributed by atoms with Crippen LogP contribution in [0.5, 0.6) is 0 Å². The van der Waals surface area contributed by atoms with Crippen LogP contribution < -0.4 is 5.73 Å². The number of benzene rings is 1. The molecular formula is C13H12N4O2S. The Morgan fingerprint density at radius 2 is 1.95 bits per heavy atom. The molecule has 0 saturated heterocycles. The van der Waals surface area contributed by atoms with Gasteiger partial charge in [-0.15, -0.1) is 0 Å². The van der Waals surface area contributed by atoms with E-state index in [9.17, 15) is 8.42 Å². The Hall–Kier alpha value is -2.41. The first-order chi connectivity index (χ1) is 9.56. The van der Waals surface area contributed by atoms with Gasteiger partial charge in [0.15, 0.2) is 0 Å². The molecule has 0 bridgehead atoms. The fourth-order valence-corrected chi connectivity index (χ4v) is 3.22. The Kier molecular flexibility index (Phi) is 2.90. The lowest BCUT2D eigenvalue weighted by Crippen LogP contribution is -2.09. The number of H-pyrrole nitrogens is 1. The van der Waals surface area contributed by atoms with E-state index in [1.807, 2.05) is 6.07 Å². The number of rotatable bonds is 3. The van der Waals surface area contributed by atoms with Gasteiger partial charge in [-0.1, -0.05) is 18.2 Å². The van der Waals surface area contributed by atoms with Crippen LogP contribution in [0.4, 0.5) is 5.82 Å². The van der Waals surface area contributed by atoms with E-state index in [2.05, 4.69) is 15.0 Å². The molecule has 0 amide bonds. The molecule has 0 saturated carbocycles. The standard InChI is InChI=1S/C13H12N4O2S/c14-12-9(4-3-7-15-12)8-20(18,19)13-16-10-5-1-2-6-11(10)17-13/h1-7H,8H2,(H2,14,15)(H,16,17). The molecule has 0 aliphatic heterocycles. The number of fused-ring (bicyclic) bond motifs is 1. The van der Waals surface area contributed by atoms with Gasteiger partial charge < -0.3 is 10.7 Å². The number of nitrogen functional groups attached to an aromatic ring is 1. The van der Waals surface area contributed by atoms with Crippen LogP contribution in [0.3, 0.4) is 0 Å². The Bertz CT molecular complexity index is 838. The molecule has 7 heteroatoms. The third-order valence-electron chi connectivity index (χ3n) is 2.93. The summed E-state index contributed by atoms with van der Waals surface area (Å²) >= 11 is 0. The number of sulfone groups is 1. The van der Waals surface area contributed by atoms with Crippen molar-refractivity contribution in [3.05, 3.63) is 48.2 Å². The first-order valence-corrected chi connectivity index (χ1v) is 7.58. The van der Waals surface area contributed by atoms with Gasteiger partial charge in [-0.05, 0) is 18.2 Å². The summed E-state index contributed by atoms with van der Waals surface area (Å²) in [5, 5.41) is -0.0537. The maximum Gasteiger partial charge on any atom is 0.226 e. The molecule has 3 rings (SSSR count). The van der Waals surface area contributed by atoms with Gasteiger partial charge in [-0.25, -0.2) is 18.4 Å². The molecule has 0 aliphatic rings. The summed E-state index contributed by atoms with van der Waals surface area (Å²) in [4.78, 5) is 10.8. The number of hydrogen-bond donors (Lipinski definition) is 2. The Balaban J connectivity index is 2.01. The zero-order chi connectivity index (χ0) is 14.2. The summed E-state index contributed by atoms with van der Waals surface area (Å²) < 4.78 is 24.7. The highest BCUT2D eigenvalue weighted by Gasteiger charge is 2.21. The van der Waals surface area contributed by atoms with Gasteiger partial charge in [-0.2, -0.15) is 0 Å². The molecule has 20 heavy (non-hydrogen) atoms. The van der Waals surface area contributed by atoms with E-state index in [1.165, 1.54) is 6.20 Å². The van der Waals surface area contributed by atoms with Gasteiger partial charge >= 0.3 is 0 Å². The first kappa shape index (κ1) is 12.6. The zero-order valence-electron chi connectivity index (χ0n) is 10.4. The highest BCUT2D eigenvalue weighted by Crippen LogP contribution is 2.19. The van der Waals surface area contributed by atoms with Gasteiger partial charge in [0.2, 0.25) is 15.0 Å². The van der Waals surface area contributed by atoms with E-state index in [1.54, 1.807) is 30.3 Å². The van der Waals surface area contributed by atoms with Gasteiger partial charge in [0.05, 0.1) is 16.8 Å². The highest BCUT2D eigenvalue weighted by atomic mass is 32.2. The molecular weight excluding hydrogens is 276 g/mol. The Morgan fingerprint density at radius 1 is 1.15 bits per heavy atom. The van der Waals surface area contributed by atoms with Crippen LogP contribution in [0.25, 0.3) is 11.0 Å². The summed E-state index contributed by atoms with van der Waals surface area (Å²) in [6.07, 6.45) is 1.52. The van der Waals surface area contributed by atoms with Crippen LogP contribution in [0.1, 0.15) is 5.56 Å². The van der Waals surface area contributed by atoms with Crippen LogP contribution in [0, 0.1) is 0 Å². The predicted molar refractivity (Wildman–Crippen MR) is 75.6 cm³/mol. The fraction of sp³-hybridized carbons (Fsp3) is 0.0769. The lowest BCUT2D eigenvalue weighted by atomic mass is 10.3. The highest BCUT2D eigenvalue weighted by molar-refractivity contribution is 7.90. The van der Waals surface area contributed by atoms with E-state index >= 15 is 0 Å². The van der Waals surface area contributed by atoms with Crippen molar-refractivity contribution in [3.8, 4) is 0 Å². The third-order valence-corrected chi connectivity index (χ3v) is 4.41. The largest absolute Gasteiger partial charge is 0.383 e. The molecule has 0 atom stereocenters. The number of pyridine rings is 1. The molecule has 0 fully saturated rings. The number of hydrogen-bond acceptors (Lipinski definition) is 5. The summed E-state index contributed by atoms with van der Waals surface area (Å²) in [6.45, 7) is 0. The van der Waals surface area contributed by atoms with E-state index in [0.29, 0.717) is 16.6 Å². The van der Waals surface area contributed by atoms with Crippen LogP contribution in [0.2, 0.25) is 0 Å². The Morgan fingerprint density at radius 3 is 2.70 bits per heavy atom. The van der Waals surface area contributed by atoms with Gasteiger partial charge in [0.1, 0.15) is 5.82 Å². The van der Waals surface area contributed by atoms with Crippen LogP contribution in [-0.4, -0.2) is 23.4 Å². The van der Waals surface area contributed by atoms with Crippen molar-refractivity contribution in [3.63, 3.8) is 0 Å². The van der Waals surface area contributed by atoms with Crippen molar-refractivity contribution >= 4 is 26.7 Å². The summed E-state index contributed by atoms with van der Waals surface area (Å²) in [6, 6.07) is 10.4. The molecule has 0 unspecified atom stereocenters. The molecule has 0 aliphatic carbocycles. The van der Waals surface area contributed by atoms with Gasteiger partial charge in [0, 0.05) is 11.8 Å². The molecule has 1 aromatic carbocycles. The predicted octanol–water partition coefficient (Wildman–Crippen LogP) is 1.51. The topological polar surface area (TPSA) is 102 Å². The molecule has 102 valence electrons. The number of aromatic amines is 1. The maximum absolute atomic E-state index is 12.3. The van der Waals surface area contributed by atoms with Crippen molar-refractivity contribution in [2.75, 3.05) is 5.73 Å². The minimum atomic E-state index is -3.58. The molecule has 0 spiro atoms. The molecule has 3 N–H and O–H groups in total. The van der Waals surface area contributed by atoms with E-state index < -0.39 is 9.84 Å². The second-order valence-electron chi connectivity index (χ2n) is 4.37. The van der Waals surface area contributed by atoms with Crippen molar-refractivity contribution in [1.29, 1.82) is 0 Å². The molecule has 6 nitrogen and oxygen atoms in total. The monoisotopic (exact) mass is 288 g/mol. The number of nitrogens with zero attached hydrogens (tertiary/aromatic N) is 2. The molecule has 0 radical (unpaired) electrons. The summed E-state index contributed by atoms with van der Waals surface area (Å²) in [5.41, 5.74) is 7.44. The average molecular weight is 288 g/mol. The quantitative estimate of drug-likeness (QED) is 0.760. The van der Waals surface area contributed by atoms with Gasteiger partial charge in [0.25, 0.3) is 0 Å². The van der Waals surface area contributed by atoms with E-state index in [4.69, 9.17) is 5.73 Å². The van der Waals surface area contributed by atoms with Gasteiger partial charge in [-0.3, -0.25) is 0 Å². The van der Waals surface area contributed by atoms with E-state index in [0.717, 1.165) is 0 Å². The number of nitrogens with one attached hydrogen (secondary N) is 1. The van der Waals surface area contributed by atoms with Crippen molar-refractivity contribution in [2.45, 2.75) is 10.9 Å². The number of aromatic nitrogens is 3. The fourth-order valence-electron chi connectivity index (χ4n) is 1.92. The zero-order valence-corrected chi connectivity index (χ0v) is 11.3. The third kappa shape index (κ3) is 2.23. The lowest BCUT2D eigenvalue weighted by Gasteiger charge is -2.03. The van der Waals surface area contributed by atoms with Crippen LogP contribution in [0.15, 0.2) is 47.8 Å². The van der Waals surface area contributed by atoms with Crippen LogP contribution in [-0.2, 0) is 15.6 Å². The normalized spacial score (nSPS) is 11.8. The lowest BCUT2D eigenvalue weighted by molar-refractivity contribution is 0.588. The minimum Gasteiger partial charge on any atom is -0.383 e. The number of para-hydroxylation sites is 2. The molecule has 2 heterocycles. The molecule has 2 aromatic heterocycles. The minimum absolute atomic E-state index is 0.0537. The van der Waals surface area contributed by atoms with Crippen molar-refractivity contribution in [2.24, 2.45) is 0 Å². The summed E-state index contributed by atoms with van der Waals surface area (Å²) in [5.74, 6) is -0.0147. The Labute approximate surface area is 115 Å². The number of imidazole rings is 1. The number of nitrogens with two attached hydrogens (primary N) is 1. The SMILES string of the molecule is Nc1ncccc1CS(=O)(=O)c1nc2ccccc2[nH]1. The van der Waals surface area contributed by atoms with Crippen molar-refractivity contribution in [1.82, 2.24) is 15.0 Å².